The minimum absolute atomic E-state index is 0.578. The number of aryl methyl sites for hydroxylation is 1. The summed E-state index contributed by atoms with van der Waals surface area (Å²) in [5.74, 6) is 2.19. The molecule has 0 aliphatic rings. The second-order valence-electron chi connectivity index (χ2n) is 5.56. The van der Waals surface area contributed by atoms with Crippen LogP contribution in [0, 0.1) is 6.92 Å². The number of nitrogens with one attached hydrogen (secondary N) is 2. The zero-order valence-corrected chi connectivity index (χ0v) is 14.4. The Kier molecular flexibility index (Phi) is 5.41. The molecule has 128 valence electrons. The van der Waals surface area contributed by atoms with E-state index in [1.807, 2.05) is 55.5 Å². The quantitative estimate of drug-likeness (QED) is 0.689. The maximum Gasteiger partial charge on any atom is 0.225 e. The predicted octanol–water partition coefficient (Wildman–Crippen LogP) is 3.41. The first-order valence-electron chi connectivity index (χ1n) is 8.10. The average Bonchev–Trinajstić information content (AvgIpc) is 2.65. The standard InChI is InChI=1S/C19H21N5O/c1-14-11-18(21-13-16-8-5-6-10-20-16)24-19(23-14)22-12-15-7-3-4-9-17(15)25-2/h3-11H,12-13H2,1-2H3,(H2,21,22,23,24). The van der Waals surface area contributed by atoms with Crippen LogP contribution in [-0.4, -0.2) is 22.1 Å². The van der Waals surface area contributed by atoms with E-state index in [1.165, 1.54) is 0 Å². The summed E-state index contributed by atoms with van der Waals surface area (Å²) in [6.45, 7) is 3.15. The molecule has 0 bridgehead atoms. The molecule has 1 aromatic carbocycles. The van der Waals surface area contributed by atoms with Gasteiger partial charge in [-0.05, 0) is 25.1 Å². The first kappa shape index (κ1) is 16.7. The van der Waals surface area contributed by atoms with Crippen LogP contribution in [0.25, 0.3) is 0 Å². The van der Waals surface area contributed by atoms with E-state index in [9.17, 15) is 0 Å². The lowest BCUT2D eigenvalue weighted by molar-refractivity contribution is 0.410. The van der Waals surface area contributed by atoms with Crippen molar-refractivity contribution in [2.75, 3.05) is 17.7 Å². The van der Waals surface area contributed by atoms with E-state index in [0.717, 1.165) is 28.5 Å². The Balaban J connectivity index is 1.67. The van der Waals surface area contributed by atoms with Crippen molar-refractivity contribution in [1.82, 2.24) is 15.0 Å². The Hall–Kier alpha value is -3.15. The lowest BCUT2D eigenvalue weighted by atomic mass is 10.2. The van der Waals surface area contributed by atoms with Gasteiger partial charge >= 0.3 is 0 Å². The minimum Gasteiger partial charge on any atom is -0.496 e. The maximum atomic E-state index is 5.37. The van der Waals surface area contributed by atoms with Gasteiger partial charge in [0.05, 0.1) is 19.3 Å². The highest BCUT2D eigenvalue weighted by molar-refractivity contribution is 5.43. The van der Waals surface area contributed by atoms with Crippen LogP contribution in [0.3, 0.4) is 0 Å². The van der Waals surface area contributed by atoms with E-state index in [4.69, 9.17) is 4.74 Å². The fraction of sp³-hybridized carbons (Fsp3) is 0.211. The third-order valence-electron chi connectivity index (χ3n) is 3.66. The van der Waals surface area contributed by atoms with E-state index < -0.39 is 0 Å². The molecule has 2 N–H and O–H groups in total. The summed E-state index contributed by atoms with van der Waals surface area (Å²) in [6.07, 6.45) is 1.78. The van der Waals surface area contributed by atoms with Gasteiger partial charge in [0.2, 0.25) is 5.95 Å². The lowest BCUT2D eigenvalue weighted by Crippen LogP contribution is -2.09. The molecule has 2 heterocycles. The fourth-order valence-corrected chi connectivity index (χ4v) is 2.45. The Morgan fingerprint density at radius 2 is 1.80 bits per heavy atom. The van der Waals surface area contributed by atoms with Crippen LogP contribution in [0.2, 0.25) is 0 Å². The average molecular weight is 335 g/mol. The van der Waals surface area contributed by atoms with E-state index >= 15 is 0 Å². The number of ether oxygens (including phenoxy) is 1. The zero-order valence-electron chi connectivity index (χ0n) is 14.4. The van der Waals surface area contributed by atoms with Crippen LogP contribution >= 0.6 is 0 Å². The summed E-state index contributed by atoms with van der Waals surface area (Å²) in [5, 5.41) is 6.54. The second kappa shape index (κ2) is 8.10. The predicted molar refractivity (Wildman–Crippen MR) is 98.7 cm³/mol. The van der Waals surface area contributed by atoms with Gasteiger partial charge in [-0.15, -0.1) is 0 Å². The molecule has 6 heteroatoms. The molecule has 0 fully saturated rings. The molecule has 0 radical (unpaired) electrons. The van der Waals surface area contributed by atoms with Gasteiger partial charge in [-0.1, -0.05) is 24.3 Å². The second-order valence-corrected chi connectivity index (χ2v) is 5.56. The highest BCUT2D eigenvalue weighted by Gasteiger charge is 2.05. The minimum atomic E-state index is 0.578. The molecule has 25 heavy (non-hydrogen) atoms. The van der Waals surface area contributed by atoms with Crippen molar-refractivity contribution in [2.45, 2.75) is 20.0 Å². The molecule has 0 saturated heterocycles. The molecular weight excluding hydrogens is 314 g/mol. The molecule has 0 unspecified atom stereocenters. The van der Waals surface area contributed by atoms with Gasteiger partial charge in [-0.3, -0.25) is 4.98 Å². The molecule has 0 saturated carbocycles. The Morgan fingerprint density at radius 1 is 0.960 bits per heavy atom. The Morgan fingerprint density at radius 3 is 2.60 bits per heavy atom. The van der Waals surface area contributed by atoms with E-state index in [1.54, 1.807) is 13.3 Å². The molecule has 0 amide bonds. The van der Waals surface area contributed by atoms with Crippen molar-refractivity contribution in [3.8, 4) is 5.75 Å². The number of anilines is 2. The van der Waals surface area contributed by atoms with Crippen molar-refractivity contribution < 1.29 is 4.74 Å². The largest absolute Gasteiger partial charge is 0.496 e. The van der Waals surface area contributed by atoms with E-state index in [2.05, 4.69) is 25.6 Å². The smallest absolute Gasteiger partial charge is 0.225 e. The summed E-state index contributed by atoms with van der Waals surface area (Å²) in [6, 6.07) is 15.6. The van der Waals surface area contributed by atoms with E-state index in [-0.39, 0.29) is 0 Å². The van der Waals surface area contributed by atoms with Crippen molar-refractivity contribution >= 4 is 11.8 Å². The van der Waals surface area contributed by atoms with Crippen molar-refractivity contribution in [3.63, 3.8) is 0 Å². The molecule has 3 rings (SSSR count). The summed E-state index contributed by atoms with van der Waals surface area (Å²) < 4.78 is 5.37. The normalized spacial score (nSPS) is 10.3. The van der Waals surface area contributed by atoms with Gasteiger partial charge in [0.25, 0.3) is 0 Å². The summed E-state index contributed by atoms with van der Waals surface area (Å²) in [5.41, 5.74) is 2.90. The molecule has 2 aromatic heterocycles. The fourth-order valence-electron chi connectivity index (χ4n) is 2.45. The summed E-state index contributed by atoms with van der Waals surface area (Å²) in [7, 11) is 1.67. The van der Waals surface area contributed by atoms with Crippen LogP contribution in [0.5, 0.6) is 5.75 Å². The number of hydrogen-bond acceptors (Lipinski definition) is 6. The summed E-state index contributed by atoms with van der Waals surface area (Å²) in [4.78, 5) is 13.3. The third kappa shape index (κ3) is 4.67. The SMILES string of the molecule is COc1ccccc1CNc1nc(C)cc(NCc2ccccn2)n1. The number of para-hydroxylation sites is 1. The Labute approximate surface area is 147 Å². The number of aromatic nitrogens is 3. The Bertz CT molecular complexity index is 823. The summed E-state index contributed by atoms with van der Waals surface area (Å²) >= 11 is 0. The number of rotatable bonds is 7. The third-order valence-corrected chi connectivity index (χ3v) is 3.66. The van der Waals surface area contributed by atoms with Crippen molar-refractivity contribution in [1.29, 1.82) is 0 Å². The van der Waals surface area contributed by atoms with Crippen LogP contribution < -0.4 is 15.4 Å². The number of pyridine rings is 1. The zero-order chi connectivity index (χ0) is 17.5. The monoisotopic (exact) mass is 335 g/mol. The molecule has 3 aromatic rings. The molecule has 0 atom stereocenters. The number of hydrogen-bond donors (Lipinski definition) is 2. The first-order valence-corrected chi connectivity index (χ1v) is 8.10. The molecule has 6 nitrogen and oxygen atoms in total. The van der Waals surface area contributed by atoms with Crippen LogP contribution in [0.1, 0.15) is 17.0 Å². The molecule has 0 aliphatic carbocycles. The van der Waals surface area contributed by atoms with Gasteiger partial charge in [-0.2, -0.15) is 4.98 Å². The van der Waals surface area contributed by atoms with Gasteiger partial charge in [0.15, 0.2) is 0 Å². The highest BCUT2D eigenvalue weighted by Crippen LogP contribution is 2.18. The number of benzene rings is 1. The van der Waals surface area contributed by atoms with Crippen LogP contribution in [-0.2, 0) is 13.1 Å². The van der Waals surface area contributed by atoms with E-state index in [0.29, 0.717) is 19.0 Å². The molecule has 0 spiro atoms. The van der Waals surface area contributed by atoms with Crippen molar-refractivity contribution in [2.24, 2.45) is 0 Å². The molecule has 0 aliphatic heterocycles. The number of nitrogens with zero attached hydrogens (tertiary/aromatic N) is 3. The maximum absolute atomic E-state index is 5.37. The number of methoxy groups -OCH3 is 1. The highest BCUT2D eigenvalue weighted by atomic mass is 16.5. The topological polar surface area (TPSA) is 72.0 Å². The van der Waals surface area contributed by atoms with Gasteiger partial charge < -0.3 is 15.4 Å². The van der Waals surface area contributed by atoms with Gasteiger partial charge in [0.1, 0.15) is 11.6 Å². The van der Waals surface area contributed by atoms with Gasteiger partial charge in [-0.25, -0.2) is 4.98 Å². The van der Waals surface area contributed by atoms with Crippen LogP contribution in [0.15, 0.2) is 54.7 Å². The van der Waals surface area contributed by atoms with Gasteiger partial charge in [0, 0.05) is 30.1 Å². The lowest BCUT2D eigenvalue weighted by Gasteiger charge is -2.11. The van der Waals surface area contributed by atoms with Crippen LogP contribution in [0.4, 0.5) is 11.8 Å². The molecular formula is C19H21N5O. The van der Waals surface area contributed by atoms with Crippen molar-refractivity contribution in [3.05, 3.63) is 71.7 Å². The first-order chi connectivity index (χ1) is 12.2.